The van der Waals surface area contributed by atoms with Gasteiger partial charge in [0.2, 0.25) is 0 Å². The second kappa shape index (κ2) is 6.04. The van der Waals surface area contributed by atoms with Crippen molar-refractivity contribution in [2.24, 2.45) is 4.99 Å². The van der Waals surface area contributed by atoms with Crippen molar-refractivity contribution in [1.29, 1.82) is 0 Å². The highest BCUT2D eigenvalue weighted by Gasteiger charge is 2.00. The van der Waals surface area contributed by atoms with Crippen LogP contribution in [0.4, 0.5) is 0 Å². The van der Waals surface area contributed by atoms with Crippen LogP contribution in [0.2, 0.25) is 0 Å². The van der Waals surface area contributed by atoms with Crippen molar-refractivity contribution in [1.82, 2.24) is 0 Å². The summed E-state index contributed by atoms with van der Waals surface area (Å²) in [6, 6.07) is 8.26. The van der Waals surface area contributed by atoms with Gasteiger partial charge in [-0.05, 0) is 17.7 Å². The van der Waals surface area contributed by atoms with E-state index in [-0.39, 0.29) is 6.00 Å². The number of alkyl halides is 1. The van der Waals surface area contributed by atoms with Crippen LogP contribution in [-0.4, -0.2) is 19.0 Å². The standard InChI is InChI=1S/C10H11BrClNO/c1-14-10(13-7-12)6-8-2-4-9(11)5-3-8/h2-5H,6-7H2,1H3/b13-10+. The fourth-order valence-electron chi connectivity index (χ4n) is 1.04. The zero-order chi connectivity index (χ0) is 10.4. The molecule has 0 heterocycles. The molecular weight excluding hydrogens is 265 g/mol. The summed E-state index contributed by atoms with van der Waals surface area (Å²) in [4.78, 5) is 4.01. The van der Waals surface area contributed by atoms with E-state index >= 15 is 0 Å². The van der Waals surface area contributed by atoms with E-state index in [1.165, 1.54) is 0 Å². The number of halogens is 2. The number of nitrogens with zero attached hydrogens (tertiary/aromatic N) is 1. The lowest BCUT2D eigenvalue weighted by atomic mass is 10.1. The molecule has 0 atom stereocenters. The first-order valence-corrected chi connectivity index (χ1v) is 5.46. The Balaban J connectivity index is 2.67. The van der Waals surface area contributed by atoms with Crippen molar-refractivity contribution in [3.8, 4) is 0 Å². The highest BCUT2D eigenvalue weighted by atomic mass is 79.9. The van der Waals surface area contributed by atoms with E-state index in [4.69, 9.17) is 16.3 Å². The largest absolute Gasteiger partial charge is 0.484 e. The first kappa shape index (κ1) is 11.5. The Hall–Kier alpha value is -0.540. The molecule has 0 amide bonds. The predicted molar refractivity (Wildman–Crippen MR) is 63.0 cm³/mol. The smallest absolute Gasteiger partial charge is 0.188 e. The molecule has 0 saturated carbocycles. The van der Waals surface area contributed by atoms with Gasteiger partial charge in [-0.25, -0.2) is 4.99 Å². The second-order valence-corrected chi connectivity index (χ2v) is 3.83. The van der Waals surface area contributed by atoms with E-state index < -0.39 is 0 Å². The summed E-state index contributed by atoms with van der Waals surface area (Å²) < 4.78 is 6.14. The van der Waals surface area contributed by atoms with Crippen molar-refractivity contribution in [2.45, 2.75) is 6.42 Å². The Morgan fingerprint density at radius 2 is 2.07 bits per heavy atom. The lowest BCUT2D eigenvalue weighted by molar-refractivity contribution is 0.393. The van der Waals surface area contributed by atoms with Gasteiger partial charge in [0.25, 0.3) is 0 Å². The molecule has 0 unspecified atom stereocenters. The third-order valence-electron chi connectivity index (χ3n) is 1.74. The molecular formula is C10H11BrClNO. The molecule has 0 radical (unpaired) electrons. The summed E-state index contributed by atoms with van der Waals surface area (Å²) in [7, 11) is 1.60. The van der Waals surface area contributed by atoms with Gasteiger partial charge < -0.3 is 4.74 Å². The number of aliphatic imine (C=N–C) groups is 1. The summed E-state index contributed by atoms with van der Waals surface area (Å²) >= 11 is 8.87. The zero-order valence-electron chi connectivity index (χ0n) is 7.84. The number of hydrogen-bond acceptors (Lipinski definition) is 2. The van der Waals surface area contributed by atoms with E-state index in [0.29, 0.717) is 12.3 Å². The number of rotatable bonds is 3. The van der Waals surface area contributed by atoms with Crippen LogP contribution in [-0.2, 0) is 11.2 Å². The van der Waals surface area contributed by atoms with Gasteiger partial charge in [0, 0.05) is 10.9 Å². The Labute approximate surface area is 97.1 Å². The minimum Gasteiger partial charge on any atom is -0.484 e. The van der Waals surface area contributed by atoms with Crippen LogP contribution >= 0.6 is 27.5 Å². The summed E-state index contributed by atoms with van der Waals surface area (Å²) in [6.07, 6.45) is 0.677. The normalized spacial score (nSPS) is 11.5. The second-order valence-electron chi connectivity index (χ2n) is 2.68. The molecule has 0 aliphatic carbocycles. The van der Waals surface area contributed by atoms with Gasteiger partial charge >= 0.3 is 0 Å². The number of ether oxygens (including phenoxy) is 1. The van der Waals surface area contributed by atoms with Gasteiger partial charge in [-0.1, -0.05) is 28.1 Å². The van der Waals surface area contributed by atoms with E-state index in [1.54, 1.807) is 7.11 Å². The Morgan fingerprint density at radius 1 is 1.43 bits per heavy atom. The minimum absolute atomic E-state index is 0.236. The van der Waals surface area contributed by atoms with Crippen molar-refractivity contribution in [3.63, 3.8) is 0 Å². The molecule has 0 bridgehead atoms. The van der Waals surface area contributed by atoms with Gasteiger partial charge in [0.05, 0.1) is 7.11 Å². The highest BCUT2D eigenvalue weighted by Crippen LogP contribution is 2.11. The molecule has 1 aromatic carbocycles. The zero-order valence-corrected chi connectivity index (χ0v) is 10.2. The molecule has 0 spiro atoms. The van der Waals surface area contributed by atoms with Crippen molar-refractivity contribution >= 4 is 33.4 Å². The quantitative estimate of drug-likeness (QED) is 0.359. The van der Waals surface area contributed by atoms with E-state index in [2.05, 4.69) is 20.9 Å². The Bertz CT molecular complexity index is 310. The first-order chi connectivity index (χ1) is 6.76. The maximum absolute atomic E-state index is 5.49. The van der Waals surface area contributed by atoms with Crippen molar-refractivity contribution < 1.29 is 4.74 Å². The summed E-state index contributed by atoms with van der Waals surface area (Å²) in [6.45, 7) is 0. The molecule has 0 fully saturated rings. The van der Waals surface area contributed by atoms with Gasteiger partial charge in [-0.15, -0.1) is 11.6 Å². The number of methoxy groups -OCH3 is 1. The maximum Gasteiger partial charge on any atom is 0.188 e. The van der Waals surface area contributed by atoms with Crippen molar-refractivity contribution in [2.75, 3.05) is 13.1 Å². The van der Waals surface area contributed by atoms with Crippen LogP contribution in [0.3, 0.4) is 0 Å². The topological polar surface area (TPSA) is 21.6 Å². The average Bonchev–Trinajstić information content (AvgIpc) is 2.20. The monoisotopic (exact) mass is 275 g/mol. The molecule has 0 aliphatic rings. The molecule has 76 valence electrons. The summed E-state index contributed by atoms with van der Waals surface area (Å²) in [5, 5.41) is 0. The first-order valence-electron chi connectivity index (χ1n) is 4.14. The lowest BCUT2D eigenvalue weighted by Gasteiger charge is -2.04. The third-order valence-corrected chi connectivity index (χ3v) is 2.39. The van der Waals surface area contributed by atoms with Gasteiger partial charge in [-0.2, -0.15) is 0 Å². The van der Waals surface area contributed by atoms with E-state index in [0.717, 1.165) is 10.0 Å². The van der Waals surface area contributed by atoms with E-state index in [9.17, 15) is 0 Å². The SMILES string of the molecule is CO/C(Cc1ccc(Br)cc1)=N/CCl. The van der Waals surface area contributed by atoms with Crippen LogP contribution in [0.15, 0.2) is 33.7 Å². The Morgan fingerprint density at radius 3 is 2.57 bits per heavy atom. The molecule has 2 nitrogen and oxygen atoms in total. The van der Waals surface area contributed by atoms with Gasteiger partial charge in [0.15, 0.2) is 5.90 Å². The number of hydrogen-bond donors (Lipinski definition) is 0. The average molecular weight is 277 g/mol. The summed E-state index contributed by atoms with van der Waals surface area (Å²) in [5.74, 6) is 0.655. The maximum atomic E-state index is 5.49. The van der Waals surface area contributed by atoms with Crippen LogP contribution in [0.5, 0.6) is 0 Å². The molecule has 4 heteroatoms. The van der Waals surface area contributed by atoms with Gasteiger partial charge in [-0.3, -0.25) is 0 Å². The molecule has 0 saturated heterocycles. The number of benzene rings is 1. The molecule has 1 rings (SSSR count). The fourth-order valence-corrected chi connectivity index (χ4v) is 1.43. The molecule has 0 N–H and O–H groups in total. The fraction of sp³-hybridized carbons (Fsp3) is 0.300. The minimum atomic E-state index is 0.236. The van der Waals surface area contributed by atoms with Crippen LogP contribution in [0.25, 0.3) is 0 Å². The van der Waals surface area contributed by atoms with Crippen LogP contribution in [0, 0.1) is 0 Å². The third kappa shape index (κ3) is 3.68. The van der Waals surface area contributed by atoms with Gasteiger partial charge in [0.1, 0.15) is 6.00 Å². The summed E-state index contributed by atoms with van der Waals surface area (Å²) in [5.41, 5.74) is 1.15. The predicted octanol–water partition coefficient (Wildman–Crippen LogP) is 3.23. The molecule has 14 heavy (non-hydrogen) atoms. The highest BCUT2D eigenvalue weighted by molar-refractivity contribution is 9.10. The van der Waals surface area contributed by atoms with E-state index in [1.807, 2.05) is 24.3 Å². The van der Waals surface area contributed by atoms with Crippen LogP contribution < -0.4 is 0 Å². The molecule has 1 aromatic rings. The Kier molecular flexibility index (Phi) is 4.98. The van der Waals surface area contributed by atoms with Crippen molar-refractivity contribution in [3.05, 3.63) is 34.3 Å². The lowest BCUT2D eigenvalue weighted by Crippen LogP contribution is -2.05. The molecule has 0 aliphatic heterocycles. The molecule has 0 aromatic heterocycles. The van der Waals surface area contributed by atoms with Crippen LogP contribution in [0.1, 0.15) is 5.56 Å².